The Morgan fingerprint density at radius 1 is 1.08 bits per heavy atom. The van der Waals surface area contributed by atoms with Gasteiger partial charge in [-0.15, -0.1) is 0 Å². The molecule has 0 radical (unpaired) electrons. The van der Waals surface area contributed by atoms with Crippen LogP contribution in [0.4, 0.5) is 4.39 Å². The van der Waals surface area contributed by atoms with Gasteiger partial charge in [0.05, 0.1) is 6.42 Å². The number of hydrazine groups is 1. The van der Waals surface area contributed by atoms with Crippen molar-refractivity contribution in [2.75, 3.05) is 0 Å². The summed E-state index contributed by atoms with van der Waals surface area (Å²) in [6.07, 6.45) is -0.817. The molecule has 0 unspecified atom stereocenters. The Balaban J connectivity index is 1.83. The third-order valence-electron chi connectivity index (χ3n) is 3.77. The molecule has 132 valence electrons. The molecule has 0 spiro atoms. The first-order valence-electron chi connectivity index (χ1n) is 7.93. The van der Waals surface area contributed by atoms with Crippen LogP contribution in [0.25, 0.3) is 0 Å². The van der Waals surface area contributed by atoms with Crippen LogP contribution >= 0.6 is 0 Å². The molecule has 0 bridgehead atoms. The number of nitrogens with one attached hydrogen (secondary N) is 2. The SMILES string of the molecule is Cc1ccc(CC(=O)NNC(=O)[C@@H](C)Oc2ccccc2F)cc1C. The smallest absolute Gasteiger partial charge is 0.279 e. The van der Waals surface area contributed by atoms with E-state index < -0.39 is 17.8 Å². The highest BCUT2D eigenvalue weighted by Crippen LogP contribution is 2.16. The van der Waals surface area contributed by atoms with Crippen LogP contribution in [0.2, 0.25) is 0 Å². The Bertz CT molecular complexity index is 777. The number of carbonyl (C=O) groups excluding carboxylic acids is 2. The second-order valence-corrected chi connectivity index (χ2v) is 5.82. The lowest BCUT2D eigenvalue weighted by Crippen LogP contribution is -2.47. The van der Waals surface area contributed by atoms with Crippen molar-refractivity contribution < 1.29 is 18.7 Å². The Morgan fingerprint density at radius 3 is 2.48 bits per heavy atom. The van der Waals surface area contributed by atoms with Gasteiger partial charge in [-0.2, -0.15) is 0 Å². The zero-order chi connectivity index (χ0) is 18.4. The van der Waals surface area contributed by atoms with E-state index in [2.05, 4.69) is 10.9 Å². The van der Waals surface area contributed by atoms with E-state index in [9.17, 15) is 14.0 Å². The normalized spacial score (nSPS) is 11.5. The molecule has 0 aromatic heterocycles. The highest BCUT2D eigenvalue weighted by molar-refractivity contribution is 5.85. The van der Waals surface area contributed by atoms with Crippen LogP contribution in [0, 0.1) is 19.7 Å². The van der Waals surface area contributed by atoms with Gasteiger partial charge < -0.3 is 4.74 Å². The van der Waals surface area contributed by atoms with Crippen molar-refractivity contribution in [1.29, 1.82) is 0 Å². The lowest BCUT2D eigenvalue weighted by Gasteiger charge is -2.15. The number of hydrogen-bond acceptors (Lipinski definition) is 3. The summed E-state index contributed by atoms with van der Waals surface area (Å²) >= 11 is 0. The predicted octanol–water partition coefficient (Wildman–Crippen LogP) is 2.60. The first-order valence-corrected chi connectivity index (χ1v) is 7.93. The lowest BCUT2D eigenvalue weighted by atomic mass is 10.0. The molecule has 1 atom stereocenters. The molecule has 0 heterocycles. The fourth-order valence-electron chi connectivity index (χ4n) is 2.16. The van der Waals surface area contributed by atoms with Crippen LogP contribution in [0.15, 0.2) is 42.5 Å². The molecule has 2 N–H and O–H groups in total. The predicted molar refractivity (Wildman–Crippen MR) is 92.4 cm³/mol. The van der Waals surface area contributed by atoms with E-state index in [0.717, 1.165) is 16.7 Å². The highest BCUT2D eigenvalue weighted by atomic mass is 19.1. The van der Waals surface area contributed by atoms with Crippen LogP contribution < -0.4 is 15.6 Å². The molecular weight excluding hydrogens is 323 g/mol. The van der Waals surface area contributed by atoms with Gasteiger partial charge in [0, 0.05) is 0 Å². The van der Waals surface area contributed by atoms with Crippen molar-refractivity contribution >= 4 is 11.8 Å². The molecule has 2 aromatic carbocycles. The third kappa shape index (κ3) is 5.31. The summed E-state index contributed by atoms with van der Waals surface area (Å²) < 4.78 is 18.8. The summed E-state index contributed by atoms with van der Waals surface area (Å²) in [5.41, 5.74) is 7.72. The second kappa shape index (κ2) is 8.28. The van der Waals surface area contributed by atoms with Crippen molar-refractivity contribution in [1.82, 2.24) is 10.9 Å². The first-order chi connectivity index (χ1) is 11.9. The first kappa shape index (κ1) is 18.4. The molecule has 6 heteroatoms. The van der Waals surface area contributed by atoms with Crippen LogP contribution in [-0.2, 0) is 16.0 Å². The Morgan fingerprint density at radius 2 is 1.80 bits per heavy atom. The standard InChI is InChI=1S/C19H21FN2O3/c1-12-8-9-15(10-13(12)2)11-18(23)21-22-19(24)14(3)25-17-7-5-4-6-16(17)20/h4-10,14H,11H2,1-3H3,(H,21,23)(H,22,24)/t14-/m1/s1. The van der Waals surface area contributed by atoms with Gasteiger partial charge in [-0.05, 0) is 49.6 Å². The topological polar surface area (TPSA) is 67.4 Å². The average molecular weight is 344 g/mol. The maximum absolute atomic E-state index is 13.5. The minimum atomic E-state index is -0.959. The maximum atomic E-state index is 13.5. The molecule has 0 saturated carbocycles. The van der Waals surface area contributed by atoms with E-state index >= 15 is 0 Å². The van der Waals surface area contributed by atoms with Gasteiger partial charge in [0.25, 0.3) is 5.91 Å². The quantitative estimate of drug-likeness (QED) is 0.820. The number of amides is 2. The highest BCUT2D eigenvalue weighted by Gasteiger charge is 2.17. The zero-order valence-corrected chi connectivity index (χ0v) is 14.4. The van der Waals surface area contributed by atoms with Crippen LogP contribution in [0.1, 0.15) is 23.6 Å². The monoisotopic (exact) mass is 344 g/mol. The number of rotatable bonds is 5. The van der Waals surface area contributed by atoms with E-state index in [-0.39, 0.29) is 18.1 Å². The van der Waals surface area contributed by atoms with Crippen LogP contribution in [0.5, 0.6) is 5.75 Å². The molecule has 25 heavy (non-hydrogen) atoms. The van der Waals surface area contributed by atoms with E-state index in [1.165, 1.54) is 25.1 Å². The number of para-hydroxylation sites is 1. The molecule has 0 fully saturated rings. The van der Waals surface area contributed by atoms with E-state index in [1.807, 2.05) is 32.0 Å². The molecule has 0 aliphatic rings. The van der Waals surface area contributed by atoms with Crippen molar-refractivity contribution in [3.63, 3.8) is 0 Å². The van der Waals surface area contributed by atoms with Crippen molar-refractivity contribution in [3.8, 4) is 5.75 Å². The lowest BCUT2D eigenvalue weighted by molar-refractivity contribution is -0.132. The third-order valence-corrected chi connectivity index (χ3v) is 3.77. The number of hydrogen-bond donors (Lipinski definition) is 2. The van der Waals surface area contributed by atoms with E-state index in [0.29, 0.717) is 0 Å². The van der Waals surface area contributed by atoms with Gasteiger partial charge in [-0.1, -0.05) is 30.3 Å². The number of benzene rings is 2. The molecule has 2 rings (SSSR count). The van der Waals surface area contributed by atoms with Gasteiger partial charge in [-0.3, -0.25) is 20.4 Å². The number of ether oxygens (including phenoxy) is 1. The van der Waals surface area contributed by atoms with Crippen LogP contribution in [-0.4, -0.2) is 17.9 Å². The van der Waals surface area contributed by atoms with Crippen molar-refractivity contribution in [2.45, 2.75) is 33.3 Å². The fourth-order valence-corrected chi connectivity index (χ4v) is 2.16. The van der Waals surface area contributed by atoms with Gasteiger partial charge in [0.15, 0.2) is 17.7 Å². The average Bonchev–Trinajstić information content (AvgIpc) is 2.58. The summed E-state index contributed by atoms with van der Waals surface area (Å²) in [6, 6.07) is 11.5. The van der Waals surface area contributed by atoms with Gasteiger partial charge >= 0.3 is 0 Å². The number of aryl methyl sites for hydroxylation is 2. The molecule has 0 saturated heterocycles. The molecule has 0 aliphatic heterocycles. The Labute approximate surface area is 146 Å². The van der Waals surface area contributed by atoms with Crippen LogP contribution in [0.3, 0.4) is 0 Å². The summed E-state index contributed by atoms with van der Waals surface area (Å²) in [4.78, 5) is 23.9. The summed E-state index contributed by atoms with van der Waals surface area (Å²) in [7, 11) is 0. The fraction of sp³-hybridized carbons (Fsp3) is 0.263. The molecular formula is C19H21FN2O3. The van der Waals surface area contributed by atoms with E-state index in [1.54, 1.807) is 6.07 Å². The molecule has 2 amide bonds. The molecule has 5 nitrogen and oxygen atoms in total. The molecule has 0 aliphatic carbocycles. The minimum absolute atomic E-state index is 0.0217. The van der Waals surface area contributed by atoms with Gasteiger partial charge in [-0.25, -0.2) is 4.39 Å². The van der Waals surface area contributed by atoms with Gasteiger partial charge in [0.1, 0.15) is 0 Å². The zero-order valence-electron chi connectivity index (χ0n) is 14.4. The van der Waals surface area contributed by atoms with E-state index in [4.69, 9.17) is 4.74 Å². The summed E-state index contributed by atoms with van der Waals surface area (Å²) in [6.45, 7) is 5.44. The maximum Gasteiger partial charge on any atom is 0.279 e. The second-order valence-electron chi connectivity index (χ2n) is 5.82. The number of carbonyl (C=O) groups is 2. The Kier molecular flexibility index (Phi) is 6.11. The summed E-state index contributed by atoms with van der Waals surface area (Å²) in [5, 5.41) is 0. The largest absolute Gasteiger partial charge is 0.478 e. The van der Waals surface area contributed by atoms with Crippen molar-refractivity contribution in [3.05, 3.63) is 65.0 Å². The summed E-state index contributed by atoms with van der Waals surface area (Å²) in [5.74, 6) is -1.50. The molecule has 2 aromatic rings. The van der Waals surface area contributed by atoms with Crippen molar-refractivity contribution in [2.24, 2.45) is 0 Å². The Hall–Kier alpha value is -2.89. The van der Waals surface area contributed by atoms with Gasteiger partial charge in [0.2, 0.25) is 5.91 Å². The number of halogens is 1. The minimum Gasteiger partial charge on any atom is -0.478 e.